The van der Waals surface area contributed by atoms with Crippen molar-refractivity contribution >= 4 is 9.84 Å². The third-order valence-electron chi connectivity index (χ3n) is 2.80. The lowest BCUT2D eigenvalue weighted by molar-refractivity contribution is 0.411. The zero-order valence-corrected chi connectivity index (χ0v) is 9.18. The van der Waals surface area contributed by atoms with Gasteiger partial charge in [-0.25, -0.2) is 8.42 Å². The Balaban J connectivity index is 2.68. The zero-order valence-electron chi connectivity index (χ0n) is 8.37. The van der Waals surface area contributed by atoms with E-state index in [2.05, 4.69) is 0 Å². The first-order valence-electron chi connectivity index (χ1n) is 4.34. The SMILES string of the molecule is COc1ccc2c(c1)C(C)(C)S2(=O)=O. The standard InChI is InChI=1S/C10H12O3S/c1-10(2)8-6-7(13-3)4-5-9(8)14(10,11)12/h4-6H,1-3H3. The first kappa shape index (κ1) is 9.52. The normalized spacial score (nSPS) is 20.8. The van der Waals surface area contributed by atoms with E-state index in [1.54, 1.807) is 39.2 Å². The number of hydrogen-bond donors (Lipinski definition) is 0. The smallest absolute Gasteiger partial charge is 0.188 e. The van der Waals surface area contributed by atoms with Crippen molar-refractivity contribution in [2.45, 2.75) is 23.5 Å². The first-order valence-corrected chi connectivity index (χ1v) is 5.83. The van der Waals surface area contributed by atoms with Gasteiger partial charge in [-0.1, -0.05) is 0 Å². The van der Waals surface area contributed by atoms with Crippen LogP contribution in [-0.2, 0) is 14.6 Å². The van der Waals surface area contributed by atoms with Crippen LogP contribution in [0.25, 0.3) is 0 Å². The molecule has 0 aromatic heterocycles. The summed E-state index contributed by atoms with van der Waals surface area (Å²) in [6, 6.07) is 5.07. The van der Waals surface area contributed by atoms with Crippen LogP contribution >= 0.6 is 0 Å². The molecule has 0 N–H and O–H groups in total. The van der Waals surface area contributed by atoms with Gasteiger partial charge in [0, 0.05) is 0 Å². The Labute approximate surface area is 83.6 Å². The summed E-state index contributed by atoms with van der Waals surface area (Å²) in [5.41, 5.74) is 0.844. The van der Waals surface area contributed by atoms with Crippen LogP contribution in [0.15, 0.2) is 23.1 Å². The molecule has 1 heterocycles. The lowest BCUT2D eigenvalue weighted by Gasteiger charge is -2.37. The number of benzene rings is 1. The zero-order chi connectivity index (χ0) is 10.6. The van der Waals surface area contributed by atoms with E-state index in [1.165, 1.54) is 0 Å². The van der Waals surface area contributed by atoms with Crippen molar-refractivity contribution in [3.8, 4) is 5.75 Å². The predicted molar refractivity (Wildman–Crippen MR) is 53.2 cm³/mol. The number of ether oxygens (including phenoxy) is 1. The number of hydrogen-bond acceptors (Lipinski definition) is 3. The molecule has 0 atom stereocenters. The monoisotopic (exact) mass is 212 g/mol. The summed E-state index contributed by atoms with van der Waals surface area (Å²) < 4.78 is 27.7. The van der Waals surface area contributed by atoms with Gasteiger partial charge in [-0.2, -0.15) is 0 Å². The van der Waals surface area contributed by atoms with Crippen LogP contribution in [0.4, 0.5) is 0 Å². The van der Waals surface area contributed by atoms with Crippen LogP contribution in [0, 0.1) is 0 Å². The van der Waals surface area contributed by atoms with Gasteiger partial charge < -0.3 is 4.74 Å². The van der Waals surface area contributed by atoms with Gasteiger partial charge in [0.05, 0.1) is 16.8 Å². The molecule has 2 rings (SSSR count). The fourth-order valence-corrected chi connectivity index (χ4v) is 3.42. The molecular formula is C10H12O3S. The quantitative estimate of drug-likeness (QED) is 0.712. The summed E-state index contributed by atoms with van der Waals surface area (Å²) in [6.07, 6.45) is 0. The third-order valence-corrected chi connectivity index (χ3v) is 5.30. The van der Waals surface area contributed by atoms with Gasteiger partial charge in [0.25, 0.3) is 0 Å². The van der Waals surface area contributed by atoms with Crippen molar-refractivity contribution in [2.75, 3.05) is 7.11 Å². The van der Waals surface area contributed by atoms with E-state index in [-0.39, 0.29) is 0 Å². The molecule has 4 heteroatoms. The van der Waals surface area contributed by atoms with Crippen LogP contribution in [0.1, 0.15) is 19.4 Å². The number of methoxy groups -OCH3 is 1. The molecule has 0 radical (unpaired) electrons. The summed E-state index contributed by atoms with van der Waals surface area (Å²) in [5, 5.41) is 0. The van der Waals surface area contributed by atoms with E-state index in [0.29, 0.717) is 10.6 Å². The largest absolute Gasteiger partial charge is 0.497 e. The molecular weight excluding hydrogens is 200 g/mol. The number of rotatable bonds is 1. The van der Waals surface area contributed by atoms with Gasteiger partial charge in [-0.15, -0.1) is 0 Å². The molecule has 76 valence electrons. The molecule has 1 aliphatic heterocycles. The van der Waals surface area contributed by atoms with Gasteiger partial charge in [0.1, 0.15) is 5.75 Å². The second-order valence-electron chi connectivity index (χ2n) is 3.88. The summed E-state index contributed by atoms with van der Waals surface area (Å²) in [4.78, 5) is 0.434. The molecule has 0 fully saturated rings. The highest BCUT2D eigenvalue weighted by Gasteiger charge is 2.50. The van der Waals surface area contributed by atoms with E-state index < -0.39 is 14.6 Å². The van der Waals surface area contributed by atoms with Crippen molar-refractivity contribution in [3.05, 3.63) is 23.8 Å². The predicted octanol–water partition coefficient (Wildman–Crippen LogP) is 1.72. The van der Waals surface area contributed by atoms with Gasteiger partial charge in [-0.05, 0) is 37.6 Å². The molecule has 14 heavy (non-hydrogen) atoms. The minimum Gasteiger partial charge on any atom is -0.497 e. The van der Waals surface area contributed by atoms with Crippen LogP contribution < -0.4 is 4.74 Å². The Hall–Kier alpha value is -1.03. The highest BCUT2D eigenvalue weighted by molar-refractivity contribution is 7.93. The molecule has 1 aromatic rings. The van der Waals surface area contributed by atoms with Crippen LogP contribution in [-0.4, -0.2) is 15.5 Å². The summed E-state index contributed by atoms with van der Waals surface area (Å²) in [6.45, 7) is 3.42. The molecule has 1 aromatic carbocycles. The summed E-state index contributed by atoms with van der Waals surface area (Å²) in [7, 11) is -1.53. The summed E-state index contributed by atoms with van der Waals surface area (Å²) >= 11 is 0. The topological polar surface area (TPSA) is 43.4 Å². The highest BCUT2D eigenvalue weighted by Crippen LogP contribution is 2.48. The number of fused-ring (bicyclic) bond motifs is 1. The Morgan fingerprint density at radius 2 is 1.93 bits per heavy atom. The van der Waals surface area contributed by atoms with Crippen molar-refractivity contribution in [1.29, 1.82) is 0 Å². The van der Waals surface area contributed by atoms with Crippen molar-refractivity contribution in [3.63, 3.8) is 0 Å². The van der Waals surface area contributed by atoms with Crippen LogP contribution in [0.5, 0.6) is 5.75 Å². The molecule has 3 nitrogen and oxygen atoms in total. The minimum absolute atomic E-state index is 0.434. The Morgan fingerprint density at radius 1 is 1.29 bits per heavy atom. The maximum Gasteiger partial charge on any atom is 0.188 e. The van der Waals surface area contributed by atoms with E-state index in [1.807, 2.05) is 0 Å². The van der Waals surface area contributed by atoms with E-state index in [4.69, 9.17) is 4.74 Å². The minimum atomic E-state index is -3.10. The average Bonchev–Trinajstić information content (AvgIpc) is 2.16. The van der Waals surface area contributed by atoms with Crippen molar-refractivity contribution in [1.82, 2.24) is 0 Å². The molecule has 0 amide bonds. The van der Waals surface area contributed by atoms with Crippen molar-refractivity contribution < 1.29 is 13.2 Å². The fraction of sp³-hybridized carbons (Fsp3) is 0.400. The van der Waals surface area contributed by atoms with E-state index in [9.17, 15) is 8.42 Å². The van der Waals surface area contributed by atoms with E-state index in [0.717, 1.165) is 5.56 Å². The van der Waals surface area contributed by atoms with Gasteiger partial charge in [-0.3, -0.25) is 0 Å². The molecule has 0 unspecified atom stereocenters. The molecule has 0 spiro atoms. The van der Waals surface area contributed by atoms with Gasteiger partial charge >= 0.3 is 0 Å². The Kier molecular flexibility index (Phi) is 1.71. The van der Waals surface area contributed by atoms with Crippen molar-refractivity contribution in [2.24, 2.45) is 0 Å². The molecule has 0 saturated heterocycles. The maximum atomic E-state index is 11.7. The second-order valence-corrected chi connectivity index (χ2v) is 6.34. The van der Waals surface area contributed by atoms with Gasteiger partial charge in [0.15, 0.2) is 9.84 Å². The molecule has 0 saturated carbocycles. The summed E-state index contributed by atoms with van der Waals surface area (Å²) in [5.74, 6) is 0.701. The lowest BCUT2D eigenvalue weighted by atomic mass is 10.0. The first-order chi connectivity index (χ1) is 6.41. The van der Waals surface area contributed by atoms with Crippen LogP contribution in [0.2, 0.25) is 0 Å². The third kappa shape index (κ3) is 0.892. The maximum absolute atomic E-state index is 11.7. The van der Waals surface area contributed by atoms with Gasteiger partial charge in [0.2, 0.25) is 0 Å². The Bertz CT molecular complexity index is 486. The molecule has 0 aliphatic carbocycles. The Morgan fingerprint density at radius 3 is 2.50 bits per heavy atom. The number of sulfone groups is 1. The fourth-order valence-electron chi connectivity index (χ4n) is 1.71. The van der Waals surface area contributed by atoms with E-state index >= 15 is 0 Å². The highest BCUT2D eigenvalue weighted by atomic mass is 32.2. The molecule has 0 bridgehead atoms. The molecule has 1 aliphatic rings. The average molecular weight is 212 g/mol. The second kappa shape index (κ2) is 2.51. The lowest BCUT2D eigenvalue weighted by Crippen LogP contribution is -2.40. The van der Waals surface area contributed by atoms with Crippen LogP contribution in [0.3, 0.4) is 0 Å².